The van der Waals surface area contributed by atoms with E-state index in [4.69, 9.17) is 9.84 Å². The van der Waals surface area contributed by atoms with Crippen molar-refractivity contribution in [1.29, 1.82) is 0 Å². The first-order valence-corrected chi connectivity index (χ1v) is 8.56. The molecule has 27 heavy (non-hydrogen) atoms. The summed E-state index contributed by atoms with van der Waals surface area (Å²) in [6.45, 7) is 2.99. The van der Waals surface area contributed by atoms with Gasteiger partial charge >= 0.3 is 5.97 Å². The SMILES string of the molecule is CC(C(=O)O)c1ccc(OCCNCC(O)c2ccc3nnnn3c2)cc1. The van der Waals surface area contributed by atoms with Crippen molar-refractivity contribution in [3.63, 3.8) is 0 Å². The third-order valence-electron chi connectivity index (χ3n) is 4.24. The molecule has 9 heteroatoms. The third-order valence-corrected chi connectivity index (χ3v) is 4.24. The van der Waals surface area contributed by atoms with Crippen LogP contribution in [0.3, 0.4) is 0 Å². The smallest absolute Gasteiger partial charge is 0.310 e. The number of hydrogen-bond donors (Lipinski definition) is 3. The summed E-state index contributed by atoms with van der Waals surface area (Å²) in [7, 11) is 0. The molecule has 2 heterocycles. The van der Waals surface area contributed by atoms with E-state index in [9.17, 15) is 9.90 Å². The first-order chi connectivity index (χ1) is 13.0. The fourth-order valence-corrected chi connectivity index (χ4v) is 2.55. The molecule has 0 amide bonds. The summed E-state index contributed by atoms with van der Waals surface area (Å²) in [5.41, 5.74) is 2.07. The quantitative estimate of drug-likeness (QED) is 0.477. The summed E-state index contributed by atoms with van der Waals surface area (Å²) < 4.78 is 7.12. The molecule has 0 spiro atoms. The number of fused-ring (bicyclic) bond motifs is 1. The second kappa shape index (κ2) is 8.56. The molecule has 3 N–H and O–H groups in total. The number of aromatic nitrogens is 4. The maximum atomic E-state index is 11.0. The highest BCUT2D eigenvalue weighted by molar-refractivity contribution is 5.75. The van der Waals surface area contributed by atoms with E-state index >= 15 is 0 Å². The van der Waals surface area contributed by atoms with Gasteiger partial charge in [0.15, 0.2) is 5.65 Å². The number of carboxylic acids is 1. The van der Waals surface area contributed by atoms with Gasteiger partial charge < -0.3 is 20.3 Å². The average molecular weight is 371 g/mol. The molecule has 1 aromatic carbocycles. The number of nitrogens with zero attached hydrogens (tertiary/aromatic N) is 4. The Balaban J connectivity index is 1.40. The molecule has 0 saturated heterocycles. The van der Waals surface area contributed by atoms with Gasteiger partial charge in [0.1, 0.15) is 12.4 Å². The van der Waals surface area contributed by atoms with Crippen molar-refractivity contribution in [2.24, 2.45) is 0 Å². The van der Waals surface area contributed by atoms with Gasteiger partial charge in [-0.15, -0.1) is 5.10 Å². The fraction of sp³-hybridized carbons (Fsp3) is 0.333. The highest BCUT2D eigenvalue weighted by Gasteiger charge is 2.13. The molecule has 0 saturated carbocycles. The lowest BCUT2D eigenvalue weighted by atomic mass is 10.0. The first-order valence-electron chi connectivity index (χ1n) is 8.56. The summed E-state index contributed by atoms with van der Waals surface area (Å²) in [6.07, 6.45) is 1.01. The highest BCUT2D eigenvalue weighted by atomic mass is 16.5. The van der Waals surface area contributed by atoms with E-state index in [1.807, 2.05) is 0 Å². The minimum Gasteiger partial charge on any atom is -0.492 e. The van der Waals surface area contributed by atoms with Crippen LogP contribution in [0, 0.1) is 0 Å². The summed E-state index contributed by atoms with van der Waals surface area (Å²) in [5.74, 6) is -0.733. The first kappa shape index (κ1) is 18.7. The van der Waals surface area contributed by atoms with Crippen molar-refractivity contribution in [3.8, 4) is 5.75 Å². The minimum absolute atomic E-state index is 0.367. The van der Waals surface area contributed by atoms with E-state index in [2.05, 4.69) is 20.8 Å². The van der Waals surface area contributed by atoms with Crippen molar-refractivity contribution >= 4 is 11.6 Å². The van der Waals surface area contributed by atoms with Gasteiger partial charge in [0.2, 0.25) is 0 Å². The minimum atomic E-state index is -0.856. The number of carbonyl (C=O) groups is 1. The van der Waals surface area contributed by atoms with Crippen molar-refractivity contribution in [3.05, 3.63) is 53.7 Å². The topological polar surface area (TPSA) is 122 Å². The number of nitrogens with one attached hydrogen (secondary N) is 1. The largest absolute Gasteiger partial charge is 0.492 e. The molecule has 2 atom stereocenters. The number of rotatable bonds is 9. The van der Waals surface area contributed by atoms with Crippen LogP contribution in [0.2, 0.25) is 0 Å². The van der Waals surface area contributed by atoms with Gasteiger partial charge in [-0.2, -0.15) is 0 Å². The van der Waals surface area contributed by atoms with Gasteiger partial charge in [0, 0.05) is 24.8 Å². The Bertz CT molecular complexity index is 896. The van der Waals surface area contributed by atoms with Crippen LogP contribution >= 0.6 is 0 Å². The lowest BCUT2D eigenvalue weighted by Gasteiger charge is -2.13. The zero-order valence-electron chi connectivity index (χ0n) is 14.8. The van der Waals surface area contributed by atoms with Crippen LogP contribution in [-0.2, 0) is 4.79 Å². The summed E-state index contributed by atoms with van der Waals surface area (Å²) in [5, 5.41) is 33.5. The molecule has 3 rings (SSSR count). The van der Waals surface area contributed by atoms with E-state index < -0.39 is 18.0 Å². The van der Waals surface area contributed by atoms with Crippen LogP contribution in [-0.4, -0.2) is 55.9 Å². The second-order valence-corrected chi connectivity index (χ2v) is 6.14. The van der Waals surface area contributed by atoms with Crippen LogP contribution in [0.5, 0.6) is 5.75 Å². The van der Waals surface area contributed by atoms with Gasteiger partial charge in [-0.05, 0) is 41.1 Å². The number of hydrogen-bond acceptors (Lipinski definition) is 7. The average Bonchev–Trinajstić information content (AvgIpc) is 3.15. The van der Waals surface area contributed by atoms with Gasteiger partial charge in [-0.1, -0.05) is 18.2 Å². The summed E-state index contributed by atoms with van der Waals surface area (Å²) in [6, 6.07) is 10.5. The molecule has 0 aliphatic carbocycles. The second-order valence-electron chi connectivity index (χ2n) is 6.14. The van der Waals surface area contributed by atoms with Crippen molar-refractivity contribution in [1.82, 2.24) is 25.4 Å². The van der Waals surface area contributed by atoms with Crippen LogP contribution < -0.4 is 10.1 Å². The number of aliphatic carboxylic acids is 1. The predicted molar refractivity (Wildman–Crippen MR) is 96.6 cm³/mol. The molecule has 0 aliphatic rings. The lowest BCUT2D eigenvalue weighted by molar-refractivity contribution is -0.138. The van der Waals surface area contributed by atoms with E-state index in [1.165, 1.54) is 4.52 Å². The van der Waals surface area contributed by atoms with Crippen molar-refractivity contribution in [2.45, 2.75) is 18.9 Å². The molecule has 9 nitrogen and oxygen atoms in total. The number of carboxylic acid groups (broad SMARTS) is 1. The summed E-state index contributed by atoms with van der Waals surface area (Å²) >= 11 is 0. The van der Waals surface area contributed by atoms with E-state index in [1.54, 1.807) is 49.5 Å². The van der Waals surface area contributed by atoms with E-state index in [0.717, 1.165) is 5.56 Å². The van der Waals surface area contributed by atoms with Crippen LogP contribution in [0.15, 0.2) is 42.6 Å². The molecule has 0 aliphatic heterocycles. The number of ether oxygens (including phenoxy) is 1. The molecule has 0 radical (unpaired) electrons. The van der Waals surface area contributed by atoms with Gasteiger partial charge in [-0.25, -0.2) is 4.52 Å². The molecule has 142 valence electrons. The molecule has 2 unspecified atom stereocenters. The monoisotopic (exact) mass is 371 g/mol. The number of benzene rings is 1. The number of aliphatic hydroxyl groups is 1. The molecule has 0 fully saturated rings. The Morgan fingerprint density at radius 2 is 1.96 bits per heavy atom. The fourth-order valence-electron chi connectivity index (χ4n) is 2.55. The molecule has 3 aromatic rings. The van der Waals surface area contributed by atoms with Crippen LogP contribution in [0.4, 0.5) is 0 Å². The van der Waals surface area contributed by atoms with Gasteiger partial charge in [-0.3, -0.25) is 4.79 Å². The highest BCUT2D eigenvalue weighted by Crippen LogP contribution is 2.19. The van der Waals surface area contributed by atoms with Crippen molar-refractivity contribution < 1.29 is 19.7 Å². The lowest BCUT2D eigenvalue weighted by Crippen LogP contribution is -2.26. The Morgan fingerprint density at radius 3 is 2.70 bits per heavy atom. The Hall–Kier alpha value is -3.04. The zero-order chi connectivity index (χ0) is 19.2. The summed E-state index contributed by atoms with van der Waals surface area (Å²) in [4.78, 5) is 11.0. The normalized spacial score (nSPS) is 13.4. The molecule has 0 bridgehead atoms. The molecular formula is C18H21N5O4. The standard InChI is InChI=1S/C18H21N5O4/c1-12(18(25)26)13-2-5-15(6-3-13)27-9-8-19-10-16(24)14-4-7-17-20-21-22-23(17)11-14/h2-7,11-12,16,19,24H,8-10H2,1H3,(H,25,26). The third kappa shape index (κ3) is 4.78. The Morgan fingerprint density at radius 1 is 1.22 bits per heavy atom. The molecule has 2 aromatic heterocycles. The Labute approximate surface area is 155 Å². The van der Waals surface area contributed by atoms with Crippen LogP contribution in [0.25, 0.3) is 5.65 Å². The predicted octanol–water partition coefficient (Wildman–Crippen LogP) is 1.01. The van der Waals surface area contributed by atoms with Gasteiger partial charge in [0.25, 0.3) is 0 Å². The number of tetrazole rings is 1. The molecular weight excluding hydrogens is 350 g/mol. The maximum absolute atomic E-state index is 11.0. The zero-order valence-corrected chi connectivity index (χ0v) is 14.8. The number of aliphatic hydroxyl groups excluding tert-OH is 1. The van der Waals surface area contributed by atoms with Crippen LogP contribution in [0.1, 0.15) is 30.1 Å². The van der Waals surface area contributed by atoms with E-state index in [-0.39, 0.29) is 0 Å². The number of pyridine rings is 1. The maximum Gasteiger partial charge on any atom is 0.310 e. The van der Waals surface area contributed by atoms with Gasteiger partial charge in [0.05, 0.1) is 12.0 Å². The van der Waals surface area contributed by atoms with Crippen molar-refractivity contribution in [2.75, 3.05) is 19.7 Å². The van der Waals surface area contributed by atoms with E-state index in [0.29, 0.717) is 36.7 Å². The Kier molecular flexibility index (Phi) is 5.94.